The van der Waals surface area contributed by atoms with Crippen molar-refractivity contribution in [3.05, 3.63) is 11.6 Å². The predicted molar refractivity (Wildman–Crippen MR) is 62.7 cm³/mol. The molecule has 0 bridgehead atoms. The molecule has 1 rings (SSSR count). The van der Waals surface area contributed by atoms with E-state index in [9.17, 15) is 4.79 Å². The standard InChI is InChI=1S/C12H22N2O/c1-10(2)8-12(15)14(3)9-11-6-4-5-7-13-11/h8,11,13H,4-7,9H2,1-3H3. The summed E-state index contributed by atoms with van der Waals surface area (Å²) >= 11 is 0. The first-order valence-corrected chi connectivity index (χ1v) is 5.73. The minimum atomic E-state index is 0.113. The maximum atomic E-state index is 11.6. The normalized spacial score (nSPS) is 20.9. The van der Waals surface area contributed by atoms with Gasteiger partial charge < -0.3 is 10.2 Å². The number of nitrogens with zero attached hydrogens (tertiary/aromatic N) is 1. The number of carbonyl (C=O) groups excluding carboxylic acids is 1. The van der Waals surface area contributed by atoms with Crippen LogP contribution in [0.3, 0.4) is 0 Å². The number of likely N-dealkylation sites (N-methyl/N-ethyl adjacent to an activating group) is 1. The van der Waals surface area contributed by atoms with Crippen LogP contribution in [-0.4, -0.2) is 37.0 Å². The largest absolute Gasteiger partial charge is 0.341 e. The Morgan fingerprint density at radius 2 is 2.20 bits per heavy atom. The van der Waals surface area contributed by atoms with Gasteiger partial charge in [0.1, 0.15) is 0 Å². The minimum absolute atomic E-state index is 0.113. The van der Waals surface area contributed by atoms with E-state index in [2.05, 4.69) is 5.32 Å². The highest BCUT2D eigenvalue weighted by atomic mass is 16.2. The first kappa shape index (κ1) is 12.2. The van der Waals surface area contributed by atoms with Crippen LogP contribution in [0.5, 0.6) is 0 Å². The molecule has 0 aliphatic carbocycles. The Kier molecular flexibility index (Phi) is 4.82. The number of piperidine rings is 1. The molecule has 0 aromatic carbocycles. The van der Waals surface area contributed by atoms with Crippen molar-refractivity contribution in [1.82, 2.24) is 10.2 Å². The van der Waals surface area contributed by atoms with Crippen molar-refractivity contribution in [3.8, 4) is 0 Å². The number of hydrogen-bond donors (Lipinski definition) is 1. The second kappa shape index (κ2) is 5.91. The second-order valence-corrected chi connectivity index (χ2v) is 4.59. The third-order valence-corrected chi connectivity index (χ3v) is 2.69. The maximum Gasteiger partial charge on any atom is 0.246 e. The number of amides is 1. The maximum absolute atomic E-state index is 11.6. The van der Waals surface area contributed by atoms with Gasteiger partial charge in [-0.1, -0.05) is 12.0 Å². The molecule has 1 atom stereocenters. The molecule has 0 saturated carbocycles. The minimum Gasteiger partial charge on any atom is -0.341 e. The third kappa shape index (κ3) is 4.47. The second-order valence-electron chi connectivity index (χ2n) is 4.59. The Labute approximate surface area is 92.5 Å². The fraction of sp³-hybridized carbons (Fsp3) is 0.750. The average Bonchev–Trinajstić information content (AvgIpc) is 2.18. The average molecular weight is 210 g/mol. The summed E-state index contributed by atoms with van der Waals surface area (Å²) in [6.07, 6.45) is 5.43. The van der Waals surface area contributed by atoms with Gasteiger partial charge >= 0.3 is 0 Å². The van der Waals surface area contributed by atoms with Gasteiger partial charge in [0.2, 0.25) is 5.91 Å². The predicted octanol–water partition coefficient (Wildman–Crippen LogP) is 1.55. The van der Waals surface area contributed by atoms with Crippen LogP contribution in [0.15, 0.2) is 11.6 Å². The lowest BCUT2D eigenvalue weighted by Crippen LogP contribution is -2.43. The third-order valence-electron chi connectivity index (χ3n) is 2.69. The smallest absolute Gasteiger partial charge is 0.246 e. The highest BCUT2D eigenvalue weighted by molar-refractivity contribution is 5.87. The quantitative estimate of drug-likeness (QED) is 0.717. The Morgan fingerprint density at radius 1 is 1.47 bits per heavy atom. The molecule has 3 heteroatoms. The summed E-state index contributed by atoms with van der Waals surface area (Å²) in [4.78, 5) is 13.5. The van der Waals surface area contributed by atoms with Crippen LogP contribution >= 0.6 is 0 Å². The monoisotopic (exact) mass is 210 g/mol. The SMILES string of the molecule is CC(C)=CC(=O)N(C)CC1CCCCN1. The van der Waals surface area contributed by atoms with Gasteiger partial charge in [0.15, 0.2) is 0 Å². The molecular formula is C12H22N2O. The number of hydrogen-bond acceptors (Lipinski definition) is 2. The van der Waals surface area contributed by atoms with Gasteiger partial charge in [-0.05, 0) is 33.2 Å². The van der Waals surface area contributed by atoms with Gasteiger partial charge in [-0.25, -0.2) is 0 Å². The Hall–Kier alpha value is -0.830. The molecule has 1 amide bonds. The van der Waals surface area contributed by atoms with Crippen molar-refractivity contribution >= 4 is 5.91 Å². The zero-order valence-corrected chi connectivity index (χ0v) is 10.0. The van der Waals surface area contributed by atoms with E-state index in [0.717, 1.165) is 18.7 Å². The van der Waals surface area contributed by atoms with E-state index >= 15 is 0 Å². The van der Waals surface area contributed by atoms with E-state index in [0.29, 0.717) is 6.04 Å². The van der Waals surface area contributed by atoms with Gasteiger partial charge in [-0.2, -0.15) is 0 Å². The van der Waals surface area contributed by atoms with Crippen molar-refractivity contribution in [2.24, 2.45) is 0 Å². The van der Waals surface area contributed by atoms with Crippen molar-refractivity contribution < 1.29 is 4.79 Å². The van der Waals surface area contributed by atoms with Crippen LogP contribution < -0.4 is 5.32 Å². The van der Waals surface area contributed by atoms with Crippen LogP contribution in [0.1, 0.15) is 33.1 Å². The van der Waals surface area contributed by atoms with E-state index < -0.39 is 0 Å². The van der Waals surface area contributed by atoms with E-state index in [-0.39, 0.29) is 5.91 Å². The van der Waals surface area contributed by atoms with Crippen molar-refractivity contribution in [3.63, 3.8) is 0 Å². The molecular weight excluding hydrogens is 188 g/mol. The number of carbonyl (C=O) groups is 1. The van der Waals surface area contributed by atoms with Crippen molar-refractivity contribution in [2.75, 3.05) is 20.1 Å². The van der Waals surface area contributed by atoms with Crippen LogP contribution in [-0.2, 0) is 4.79 Å². The summed E-state index contributed by atoms with van der Waals surface area (Å²) in [5.74, 6) is 0.113. The van der Waals surface area contributed by atoms with Gasteiger partial charge in [-0.3, -0.25) is 4.79 Å². The number of nitrogens with one attached hydrogen (secondary N) is 1. The molecule has 1 N–H and O–H groups in total. The molecule has 1 saturated heterocycles. The Morgan fingerprint density at radius 3 is 2.73 bits per heavy atom. The molecule has 1 fully saturated rings. The summed E-state index contributed by atoms with van der Waals surface area (Å²) in [5.41, 5.74) is 1.06. The Balaban J connectivity index is 2.36. The molecule has 1 heterocycles. The molecule has 86 valence electrons. The molecule has 0 radical (unpaired) electrons. The van der Waals surface area contributed by atoms with Crippen molar-refractivity contribution in [1.29, 1.82) is 0 Å². The number of rotatable bonds is 3. The summed E-state index contributed by atoms with van der Waals surface area (Å²) in [6, 6.07) is 0.485. The van der Waals surface area contributed by atoms with Gasteiger partial charge in [0.25, 0.3) is 0 Å². The summed E-state index contributed by atoms with van der Waals surface area (Å²) < 4.78 is 0. The lowest BCUT2D eigenvalue weighted by molar-refractivity contribution is -0.125. The topological polar surface area (TPSA) is 32.3 Å². The van der Waals surface area contributed by atoms with E-state index in [4.69, 9.17) is 0 Å². The summed E-state index contributed by atoms with van der Waals surface area (Å²) in [6.45, 7) is 5.81. The first-order valence-electron chi connectivity index (χ1n) is 5.73. The zero-order chi connectivity index (χ0) is 11.3. The van der Waals surface area contributed by atoms with Crippen LogP contribution in [0, 0.1) is 0 Å². The fourth-order valence-corrected chi connectivity index (χ4v) is 1.86. The highest BCUT2D eigenvalue weighted by Crippen LogP contribution is 2.08. The lowest BCUT2D eigenvalue weighted by atomic mass is 10.0. The number of allylic oxidation sites excluding steroid dienone is 1. The molecule has 1 aliphatic heterocycles. The van der Waals surface area contributed by atoms with E-state index in [1.54, 1.807) is 11.0 Å². The highest BCUT2D eigenvalue weighted by Gasteiger charge is 2.16. The first-order chi connectivity index (χ1) is 7.09. The summed E-state index contributed by atoms with van der Waals surface area (Å²) in [5, 5.41) is 3.44. The van der Waals surface area contributed by atoms with Crippen LogP contribution in [0.2, 0.25) is 0 Å². The van der Waals surface area contributed by atoms with Gasteiger partial charge in [0.05, 0.1) is 0 Å². The van der Waals surface area contributed by atoms with Crippen LogP contribution in [0.4, 0.5) is 0 Å². The molecule has 0 spiro atoms. The lowest BCUT2D eigenvalue weighted by Gasteiger charge is -2.27. The molecule has 1 unspecified atom stereocenters. The van der Waals surface area contributed by atoms with Gasteiger partial charge in [-0.15, -0.1) is 0 Å². The van der Waals surface area contributed by atoms with E-state index in [1.807, 2.05) is 20.9 Å². The molecule has 0 aromatic rings. The molecule has 0 aromatic heterocycles. The molecule has 1 aliphatic rings. The molecule has 3 nitrogen and oxygen atoms in total. The van der Waals surface area contributed by atoms with Crippen molar-refractivity contribution in [2.45, 2.75) is 39.2 Å². The fourth-order valence-electron chi connectivity index (χ4n) is 1.86. The summed E-state index contributed by atoms with van der Waals surface area (Å²) in [7, 11) is 1.87. The molecule has 15 heavy (non-hydrogen) atoms. The van der Waals surface area contributed by atoms with Gasteiger partial charge in [0, 0.05) is 25.7 Å². The zero-order valence-electron chi connectivity index (χ0n) is 10.0. The Bertz CT molecular complexity index is 238. The van der Waals surface area contributed by atoms with Crippen LogP contribution in [0.25, 0.3) is 0 Å². The van der Waals surface area contributed by atoms with E-state index in [1.165, 1.54) is 19.3 Å².